The lowest BCUT2D eigenvalue weighted by Crippen LogP contribution is -2.33. The number of ether oxygens (including phenoxy) is 2. The quantitative estimate of drug-likeness (QED) is 0.892. The van der Waals surface area contributed by atoms with Crippen molar-refractivity contribution in [2.24, 2.45) is 0 Å². The number of carbonyl (C=O) groups is 1. The van der Waals surface area contributed by atoms with Gasteiger partial charge in [-0.1, -0.05) is 6.07 Å². The zero-order chi connectivity index (χ0) is 16.3. The SMILES string of the molecule is CNC(C)(C)c1ccc(NC(=O)OC(C)(C)C)cc1OC. The molecule has 1 aromatic rings. The summed E-state index contributed by atoms with van der Waals surface area (Å²) < 4.78 is 10.7. The molecule has 118 valence electrons. The smallest absolute Gasteiger partial charge is 0.412 e. The van der Waals surface area contributed by atoms with E-state index in [1.54, 1.807) is 13.2 Å². The summed E-state index contributed by atoms with van der Waals surface area (Å²) in [5, 5.41) is 5.94. The molecule has 0 saturated carbocycles. The average Bonchev–Trinajstić information content (AvgIpc) is 2.36. The second-order valence-corrected chi connectivity index (χ2v) is 6.42. The molecule has 0 spiro atoms. The zero-order valence-corrected chi connectivity index (χ0v) is 14.0. The number of nitrogens with one attached hydrogen (secondary N) is 2. The van der Waals surface area contributed by atoms with Crippen LogP contribution < -0.4 is 15.4 Å². The van der Waals surface area contributed by atoms with Crippen LogP contribution in [0.5, 0.6) is 5.75 Å². The van der Waals surface area contributed by atoms with E-state index in [0.717, 1.165) is 5.56 Å². The third-order valence-electron chi connectivity index (χ3n) is 3.15. The summed E-state index contributed by atoms with van der Waals surface area (Å²) in [6, 6.07) is 5.56. The number of methoxy groups -OCH3 is 1. The Morgan fingerprint density at radius 1 is 1.14 bits per heavy atom. The number of rotatable bonds is 4. The molecule has 0 unspecified atom stereocenters. The van der Waals surface area contributed by atoms with Gasteiger partial charge in [0.05, 0.1) is 7.11 Å². The molecule has 1 amide bonds. The molecule has 0 aliphatic heterocycles. The van der Waals surface area contributed by atoms with Gasteiger partial charge in [0.2, 0.25) is 0 Å². The number of anilines is 1. The van der Waals surface area contributed by atoms with E-state index in [-0.39, 0.29) is 5.54 Å². The minimum absolute atomic E-state index is 0.226. The predicted molar refractivity (Wildman–Crippen MR) is 84.9 cm³/mol. The molecule has 0 bridgehead atoms. The van der Waals surface area contributed by atoms with Gasteiger partial charge in [-0.25, -0.2) is 4.79 Å². The highest BCUT2D eigenvalue weighted by Crippen LogP contribution is 2.31. The molecule has 0 aliphatic rings. The molecule has 0 heterocycles. The zero-order valence-electron chi connectivity index (χ0n) is 14.0. The van der Waals surface area contributed by atoms with Crippen LogP contribution in [0.25, 0.3) is 0 Å². The van der Waals surface area contributed by atoms with E-state index >= 15 is 0 Å². The molecule has 5 nitrogen and oxygen atoms in total. The van der Waals surface area contributed by atoms with E-state index in [4.69, 9.17) is 9.47 Å². The van der Waals surface area contributed by atoms with Crippen LogP contribution in [0.1, 0.15) is 40.2 Å². The largest absolute Gasteiger partial charge is 0.496 e. The van der Waals surface area contributed by atoms with E-state index < -0.39 is 11.7 Å². The van der Waals surface area contributed by atoms with Crippen molar-refractivity contribution >= 4 is 11.8 Å². The lowest BCUT2D eigenvalue weighted by molar-refractivity contribution is 0.0636. The molecule has 0 aliphatic carbocycles. The number of hydrogen-bond donors (Lipinski definition) is 2. The number of benzene rings is 1. The summed E-state index contributed by atoms with van der Waals surface area (Å²) in [5.41, 5.74) is 0.900. The first-order chi connectivity index (χ1) is 9.59. The maximum atomic E-state index is 11.8. The van der Waals surface area contributed by atoms with Gasteiger partial charge in [-0.3, -0.25) is 5.32 Å². The standard InChI is InChI=1S/C16H26N2O3/c1-15(2,3)21-14(19)18-11-8-9-12(13(10-11)20-7)16(4,5)17-6/h8-10,17H,1-7H3,(H,18,19). The van der Waals surface area contributed by atoms with Crippen LogP contribution in [0.2, 0.25) is 0 Å². The van der Waals surface area contributed by atoms with Gasteiger partial charge in [0.1, 0.15) is 11.4 Å². The summed E-state index contributed by atoms with van der Waals surface area (Å²) in [6.07, 6.45) is -0.481. The van der Waals surface area contributed by atoms with Gasteiger partial charge in [-0.15, -0.1) is 0 Å². The van der Waals surface area contributed by atoms with Gasteiger partial charge in [0.25, 0.3) is 0 Å². The van der Waals surface area contributed by atoms with Crippen molar-refractivity contribution in [3.8, 4) is 5.75 Å². The second kappa shape index (κ2) is 6.35. The molecule has 5 heteroatoms. The van der Waals surface area contributed by atoms with E-state index in [2.05, 4.69) is 24.5 Å². The van der Waals surface area contributed by atoms with Gasteiger partial charge in [0.15, 0.2) is 0 Å². The van der Waals surface area contributed by atoms with Crippen molar-refractivity contribution in [2.75, 3.05) is 19.5 Å². The van der Waals surface area contributed by atoms with Crippen molar-refractivity contribution in [3.63, 3.8) is 0 Å². The van der Waals surface area contributed by atoms with E-state index in [0.29, 0.717) is 11.4 Å². The van der Waals surface area contributed by atoms with Gasteiger partial charge in [-0.05, 0) is 47.7 Å². The molecule has 21 heavy (non-hydrogen) atoms. The maximum Gasteiger partial charge on any atom is 0.412 e. The first-order valence-corrected chi connectivity index (χ1v) is 6.96. The van der Waals surface area contributed by atoms with Gasteiger partial charge < -0.3 is 14.8 Å². The monoisotopic (exact) mass is 294 g/mol. The summed E-state index contributed by atoms with van der Waals surface area (Å²) in [5.74, 6) is 0.711. The number of amides is 1. The Morgan fingerprint density at radius 2 is 1.76 bits per heavy atom. The Bertz CT molecular complexity index is 505. The summed E-state index contributed by atoms with van der Waals surface area (Å²) in [4.78, 5) is 11.8. The fourth-order valence-electron chi connectivity index (χ4n) is 1.84. The first kappa shape index (κ1) is 17.3. The lowest BCUT2D eigenvalue weighted by Gasteiger charge is -2.27. The van der Waals surface area contributed by atoms with Crippen LogP contribution in [0.3, 0.4) is 0 Å². The molecule has 0 saturated heterocycles. The highest BCUT2D eigenvalue weighted by Gasteiger charge is 2.23. The highest BCUT2D eigenvalue weighted by molar-refractivity contribution is 5.85. The van der Waals surface area contributed by atoms with Gasteiger partial charge >= 0.3 is 6.09 Å². The Kier molecular flexibility index (Phi) is 5.23. The van der Waals surface area contributed by atoms with Crippen LogP contribution in [0, 0.1) is 0 Å². The molecule has 0 fully saturated rings. The fourth-order valence-corrected chi connectivity index (χ4v) is 1.84. The van der Waals surface area contributed by atoms with Crippen LogP contribution in [0.4, 0.5) is 10.5 Å². The summed E-state index contributed by atoms with van der Waals surface area (Å²) in [6.45, 7) is 9.60. The number of carbonyl (C=O) groups excluding carboxylic acids is 1. The van der Waals surface area contributed by atoms with Crippen LogP contribution >= 0.6 is 0 Å². The molecular formula is C16H26N2O3. The van der Waals surface area contributed by atoms with Crippen LogP contribution in [0.15, 0.2) is 18.2 Å². The minimum Gasteiger partial charge on any atom is -0.496 e. The minimum atomic E-state index is -0.526. The van der Waals surface area contributed by atoms with Crippen molar-refractivity contribution in [3.05, 3.63) is 23.8 Å². The molecule has 2 N–H and O–H groups in total. The third-order valence-corrected chi connectivity index (χ3v) is 3.15. The predicted octanol–water partition coefficient (Wildman–Crippen LogP) is 3.50. The normalized spacial score (nSPS) is 12.0. The van der Waals surface area contributed by atoms with Gasteiger partial charge in [-0.2, -0.15) is 0 Å². The maximum absolute atomic E-state index is 11.8. The summed E-state index contributed by atoms with van der Waals surface area (Å²) in [7, 11) is 3.51. The molecule has 1 rings (SSSR count). The van der Waals surface area contributed by atoms with E-state index in [1.165, 1.54) is 0 Å². The first-order valence-electron chi connectivity index (χ1n) is 6.96. The molecule has 0 aromatic heterocycles. The molecule has 0 radical (unpaired) electrons. The van der Waals surface area contributed by atoms with Crippen molar-refractivity contribution < 1.29 is 14.3 Å². The van der Waals surface area contributed by atoms with E-state index in [9.17, 15) is 4.79 Å². The van der Waals surface area contributed by atoms with Crippen molar-refractivity contribution in [2.45, 2.75) is 45.8 Å². The molecule has 0 atom stereocenters. The summed E-state index contributed by atoms with van der Waals surface area (Å²) >= 11 is 0. The lowest BCUT2D eigenvalue weighted by atomic mass is 9.93. The number of hydrogen-bond acceptors (Lipinski definition) is 4. The molecular weight excluding hydrogens is 268 g/mol. The fraction of sp³-hybridized carbons (Fsp3) is 0.562. The average molecular weight is 294 g/mol. The Labute approximate surface area is 127 Å². The van der Waals surface area contributed by atoms with Crippen LogP contribution in [-0.2, 0) is 10.3 Å². The topological polar surface area (TPSA) is 59.6 Å². The molecule has 1 aromatic carbocycles. The Morgan fingerprint density at radius 3 is 2.24 bits per heavy atom. The van der Waals surface area contributed by atoms with Crippen molar-refractivity contribution in [1.29, 1.82) is 0 Å². The van der Waals surface area contributed by atoms with Crippen molar-refractivity contribution in [1.82, 2.24) is 5.32 Å². The van der Waals surface area contributed by atoms with Crippen LogP contribution in [-0.4, -0.2) is 25.9 Å². The Balaban J connectivity index is 2.96. The van der Waals surface area contributed by atoms with E-state index in [1.807, 2.05) is 40.0 Å². The Hall–Kier alpha value is -1.75. The third kappa shape index (κ3) is 4.93. The van der Waals surface area contributed by atoms with Gasteiger partial charge in [0, 0.05) is 22.9 Å². The highest BCUT2D eigenvalue weighted by atomic mass is 16.6. The second-order valence-electron chi connectivity index (χ2n) is 6.42.